The number of pyridine rings is 1. The van der Waals surface area contributed by atoms with Crippen LogP contribution in [0.4, 0.5) is 23.2 Å². The van der Waals surface area contributed by atoms with Crippen LogP contribution in [0.25, 0.3) is 11.1 Å². The highest BCUT2D eigenvalue weighted by molar-refractivity contribution is 5.97. The van der Waals surface area contributed by atoms with Gasteiger partial charge in [-0.15, -0.1) is 0 Å². The number of halogens is 4. The number of carbonyl (C=O) groups excluding carboxylic acids is 1. The van der Waals surface area contributed by atoms with Crippen LogP contribution in [0, 0.1) is 11.6 Å². The van der Waals surface area contributed by atoms with Gasteiger partial charge in [-0.2, -0.15) is 0 Å². The summed E-state index contributed by atoms with van der Waals surface area (Å²) < 4.78 is 61.1. The van der Waals surface area contributed by atoms with Gasteiger partial charge in [0.25, 0.3) is 0 Å². The average molecular weight is 438 g/mol. The Balaban J connectivity index is 2.05. The van der Waals surface area contributed by atoms with E-state index in [2.05, 4.69) is 10.3 Å². The molecular formula is C23H26F4N2O2. The summed E-state index contributed by atoms with van der Waals surface area (Å²) in [5.41, 5.74) is 0.0947. The Morgan fingerprint density at radius 3 is 2.52 bits per heavy atom. The van der Waals surface area contributed by atoms with Crippen molar-refractivity contribution in [3.05, 3.63) is 47.8 Å². The van der Waals surface area contributed by atoms with Crippen LogP contribution in [-0.2, 0) is 9.53 Å². The van der Waals surface area contributed by atoms with E-state index in [9.17, 15) is 22.4 Å². The highest BCUT2D eigenvalue weighted by atomic mass is 19.3. The third-order valence-corrected chi connectivity index (χ3v) is 5.71. The fraction of sp³-hybridized carbons (Fsp3) is 0.478. The van der Waals surface area contributed by atoms with Crippen molar-refractivity contribution in [3.63, 3.8) is 0 Å². The molecule has 0 atom stereocenters. The third-order valence-electron chi connectivity index (χ3n) is 5.71. The summed E-state index contributed by atoms with van der Waals surface area (Å²) in [7, 11) is 1.48. The monoisotopic (exact) mass is 438 g/mol. The minimum absolute atomic E-state index is 0.00560. The van der Waals surface area contributed by atoms with E-state index in [0.29, 0.717) is 5.69 Å². The van der Waals surface area contributed by atoms with Crippen molar-refractivity contribution in [2.45, 2.75) is 63.4 Å². The van der Waals surface area contributed by atoms with Crippen LogP contribution in [0.15, 0.2) is 30.5 Å². The summed E-state index contributed by atoms with van der Waals surface area (Å²) in [5, 5.41) is 2.77. The average Bonchev–Trinajstić information content (AvgIpc) is 2.70. The molecule has 0 unspecified atom stereocenters. The standard InChI is InChI=1S/C23H26F4N2O2/c1-22(2,31-3)13-19(30)29-21-16(17-12-15(24)4-5-18(17)25)8-11-28-20(21)14-6-9-23(26,27)10-7-14/h4-5,8,11-12,14H,6-7,9-10,13H2,1-3H3,(H,29,30). The van der Waals surface area contributed by atoms with E-state index in [1.54, 1.807) is 13.8 Å². The van der Waals surface area contributed by atoms with E-state index >= 15 is 0 Å². The van der Waals surface area contributed by atoms with Gasteiger partial charge in [0.15, 0.2) is 0 Å². The van der Waals surface area contributed by atoms with Crippen LogP contribution in [0.5, 0.6) is 0 Å². The normalized spacial score (nSPS) is 16.9. The molecule has 3 rings (SSSR count). The summed E-state index contributed by atoms with van der Waals surface area (Å²) in [5.74, 6) is -4.76. The maximum Gasteiger partial charge on any atom is 0.248 e. The second kappa shape index (κ2) is 8.94. The van der Waals surface area contributed by atoms with E-state index in [4.69, 9.17) is 4.74 Å². The number of hydrogen-bond donors (Lipinski definition) is 1. The van der Waals surface area contributed by atoms with Crippen molar-refractivity contribution in [1.29, 1.82) is 0 Å². The quantitative estimate of drug-likeness (QED) is 0.557. The Kier molecular flexibility index (Phi) is 6.69. The van der Waals surface area contributed by atoms with Gasteiger partial charge in [0, 0.05) is 43.2 Å². The molecule has 0 bridgehead atoms. The third kappa shape index (κ3) is 5.61. The topological polar surface area (TPSA) is 51.2 Å². The van der Waals surface area contributed by atoms with E-state index < -0.39 is 29.1 Å². The number of benzene rings is 1. The summed E-state index contributed by atoms with van der Waals surface area (Å²) >= 11 is 0. The summed E-state index contributed by atoms with van der Waals surface area (Å²) in [4.78, 5) is 17.1. The molecule has 1 aromatic carbocycles. The molecule has 1 aliphatic rings. The number of nitrogens with one attached hydrogen (secondary N) is 1. The summed E-state index contributed by atoms with van der Waals surface area (Å²) in [6, 6.07) is 4.53. The highest BCUT2D eigenvalue weighted by Gasteiger charge is 2.37. The van der Waals surface area contributed by atoms with Crippen LogP contribution >= 0.6 is 0 Å². The molecule has 1 N–H and O–H groups in total. The first-order chi connectivity index (χ1) is 14.5. The Morgan fingerprint density at radius 1 is 1.19 bits per heavy atom. The molecule has 0 saturated heterocycles. The second-order valence-corrected chi connectivity index (χ2v) is 8.56. The van der Waals surface area contributed by atoms with E-state index in [0.717, 1.165) is 18.2 Å². The van der Waals surface area contributed by atoms with Gasteiger partial charge < -0.3 is 10.1 Å². The van der Waals surface area contributed by atoms with Crippen molar-refractivity contribution in [1.82, 2.24) is 4.98 Å². The molecule has 1 aromatic heterocycles. The first-order valence-corrected chi connectivity index (χ1v) is 10.2. The fourth-order valence-corrected chi connectivity index (χ4v) is 3.80. The number of nitrogens with zero attached hydrogens (tertiary/aromatic N) is 1. The molecule has 0 spiro atoms. The molecule has 1 fully saturated rings. The number of amides is 1. The number of hydrogen-bond acceptors (Lipinski definition) is 3. The Bertz CT molecular complexity index is 953. The molecule has 1 aliphatic carbocycles. The number of ether oxygens (including phenoxy) is 1. The van der Waals surface area contributed by atoms with Gasteiger partial charge >= 0.3 is 0 Å². The largest absolute Gasteiger partial charge is 0.378 e. The minimum Gasteiger partial charge on any atom is -0.378 e. The maximum absolute atomic E-state index is 14.6. The van der Waals surface area contributed by atoms with Gasteiger partial charge in [-0.3, -0.25) is 9.78 Å². The second-order valence-electron chi connectivity index (χ2n) is 8.56. The Hall–Kier alpha value is -2.48. The number of anilines is 1. The van der Waals surface area contributed by atoms with Gasteiger partial charge in [0.1, 0.15) is 11.6 Å². The molecular weight excluding hydrogens is 412 g/mol. The summed E-state index contributed by atoms with van der Waals surface area (Å²) in [6.45, 7) is 3.49. The zero-order valence-corrected chi connectivity index (χ0v) is 17.8. The fourth-order valence-electron chi connectivity index (χ4n) is 3.80. The van der Waals surface area contributed by atoms with Crippen LogP contribution in [-0.4, -0.2) is 29.5 Å². The van der Waals surface area contributed by atoms with Gasteiger partial charge in [0.2, 0.25) is 11.8 Å². The predicted molar refractivity (Wildman–Crippen MR) is 110 cm³/mol. The Labute approximate surface area is 179 Å². The number of aromatic nitrogens is 1. The molecule has 1 heterocycles. The molecule has 2 aromatic rings. The maximum atomic E-state index is 14.6. The zero-order valence-electron chi connectivity index (χ0n) is 17.8. The molecule has 8 heteroatoms. The minimum atomic E-state index is -2.73. The smallest absolute Gasteiger partial charge is 0.248 e. The SMILES string of the molecule is COC(C)(C)CC(=O)Nc1c(-c2cc(F)ccc2F)ccnc1C1CCC(F)(F)CC1. The van der Waals surface area contributed by atoms with Crippen molar-refractivity contribution in [2.24, 2.45) is 0 Å². The number of methoxy groups -OCH3 is 1. The van der Waals surface area contributed by atoms with Crippen LogP contribution in [0.3, 0.4) is 0 Å². The first kappa shape index (κ1) is 23.2. The number of alkyl halides is 2. The van der Waals surface area contributed by atoms with E-state index in [-0.39, 0.29) is 54.8 Å². The molecule has 1 saturated carbocycles. The van der Waals surface area contributed by atoms with Gasteiger partial charge in [-0.05, 0) is 51.0 Å². The van der Waals surface area contributed by atoms with Crippen molar-refractivity contribution in [2.75, 3.05) is 12.4 Å². The molecule has 0 aliphatic heterocycles. The van der Waals surface area contributed by atoms with E-state index in [1.165, 1.54) is 19.4 Å². The lowest BCUT2D eigenvalue weighted by molar-refractivity contribution is -0.121. The summed E-state index contributed by atoms with van der Waals surface area (Å²) in [6.07, 6.45) is 1.22. The van der Waals surface area contributed by atoms with Crippen LogP contribution in [0.2, 0.25) is 0 Å². The molecule has 0 radical (unpaired) electrons. The van der Waals surface area contributed by atoms with Crippen molar-refractivity contribution < 1.29 is 27.1 Å². The molecule has 4 nitrogen and oxygen atoms in total. The van der Waals surface area contributed by atoms with Crippen molar-refractivity contribution >= 4 is 11.6 Å². The lowest BCUT2D eigenvalue weighted by Gasteiger charge is -2.30. The molecule has 1 amide bonds. The van der Waals surface area contributed by atoms with Gasteiger partial charge in [-0.25, -0.2) is 17.6 Å². The van der Waals surface area contributed by atoms with Crippen molar-refractivity contribution in [3.8, 4) is 11.1 Å². The molecule has 31 heavy (non-hydrogen) atoms. The number of rotatable bonds is 6. The Morgan fingerprint density at radius 2 is 1.87 bits per heavy atom. The van der Waals surface area contributed by atoms with Gasteiger partial charge in [-0.1, -0.05) is 0 Å². The van der Waals surface area contributed by atoms with Crippen LogP contribution < -0.4 is 5.32 Å². The lowest BCUT2D eigenvalue weighted by atomic mass is 9.83. The highest BCUT2D eigenvalue weighted by Crippen LogP contribution is 2.44. The number of carbonyl (C=O) groups is 1. The molecule has 168 valence electrons. The van der Waals surface area contributed by atoms with Crippen LogP contribution in [0.1, 0.15) is 57.6 Å². The zero-order chi connectivity index (χ0) is 22.8. The lowest BCUT2D eigenvalue weighted by Crippen LogP contribution is -2.30. The first-order valence-electron chi connectivity index (χ1n) is 10.2. The van der Waals surface area contributed by atoms with Gasteiger partial charge in [0.05, 0.1) is 23.4 Å². The van der Waals surface area contributed by atoms with E-state index in [1.807, 2.05) is 0 Å². The predicted octanol–water partition coefficient (Wildman–Crippen LogP) is 6.07.